The fourth-order valence-electron chi connectivity index (χ4n) is 1.94. The van der Waals surface area contributed by atoms with Crippen LogP contribution in [0.4, 0.5) is 5.69 Å². The van der Waals surface area contributed by atoms with E-state index in [1.165, 1.54) is 0 Å². The number of nitrogens with zero attached hydrogens (tertiary/aromatic N) is 2. The molecule has 0 aromatic carbocycles. The van der Waals surface area contributed by atoms with Crippen LogP contribution in [-0.4, -0.2) is 28.2 Å². The summed E-state index contributed by atoms with van der Waals surface area (Å²) in [4.78, 5) is 16.1. The maximum Gasteiger partial charge on any atom is 0.274 e. The molecule has 7 nitrogen and oxygen atoms in total. The molecule has 0 saturated carbocycles. The van der Waals surface area contributed by atoms with E-state index in [9.17, 15) is 4.79 Å². The minimum atomic E-state index is -0.304. The first-order chi connectivity index (χ1) is 10.2. The van der Waals surface area contributed by atoms with Gasteiger partial charge in [-0.2, -0.15) is 5.10 Å². The van der Waals surface area contributed by atoms with Gasteiger partial charge in [0.2, 0.25) is 5.88 Å². The Balaban J connectivity index is 2.01. The number of nitrogen functional groups attached to an aromatic ring is 1. The zero-order valence-corrected chi connectivity index (χ0v) is 12.1. The number of methoxy groups -OCH3 is 1. The molecule has 0 spiro atoms. The van der Waals surface area contributed by atoms with Gasteiger partial charge in [0.25, 0.3) is 5.91 Å². The predicted molar refractivity (Wildman–Crippen MR) is 79.0 cm³/mol. The number of aryl methyl sites for hydroxylation is 1. The number of carbonyl (C=O) groups is 1. The molecule has 1 amide bonds. The molecule has 0 atom stereocenters. The molecule has 0 aliphatic rings. The summed E-state index contributed by atoms with van der Waals surface area (Å²) in [7, 11) is 1.55. The predicted octanol–water partition coefficient (Wildman–Crippen LogP) is 1.28. The Morgan fingerprint density at radius 1 is 1.52 bits per heavy atom. The number of aromatic nitrogens is 3. The summed E-state index contributed by atoms with van der Waals surface area (Å²) in [6.45, 7) is 2.39. The molecule has 4 N–H and O–H groups in total. The van der Waals surface area contributed by atoms with Crippen LogP contribution in [0, 0.1) is 0 Å². The lowest BCUT2D eigenvalue weighted by Crippen LogP contribution is -2.24. The summed E-state index contributed by atoms with van der Waals surface area (Å²) in [6.07, 6.45) is 3.33. The Hall–Kier alpha value is -2.57. The normalized spacial score (nSPS) is 10.4. The van der Waals surface area contributed by atoms with Crippen molar-refractivity contribution in [2.24, 2.45) is 0 Å². The van der Waals surface area contributed by atoms with Gasteiger partial charge in [-0.05, 0) is 18.1 Å². The van der Waals surface area contributed by atoms with Crippen molar-refractivity contribution in [1.82, 2.24) is 20.5 Å². The molecule has 7 heteroatoms. The van der Waals surface area contributed by atoms with E-state index in [4.69, 9.17) is 10.5 Å². The van der Waals surface area contributed by atoms with Gasteiger partial charge in [-0.15, -0.1) is 0 Å². The third-order valence-corrected chi connectivity index (χ3v) is 3.06. The number of amides is 1. The zero-order chi connectivity index (χ0) is 15.2. The average molecular weight is 289 g/mol. The number of nitrogens with two attached hydrogens (primary N) is 1. The van der Waals surface area contributed by atoms with Crippen LogP contribution < -0.4 is 15.8 Å². The highest BCUT2D eigenvalue weighted by Gasteiger charge is 2.16. The van der Waals surface area contributed by atoms with Gasteiger partial charge in [0.15, 0.2) is 5.69 Å². The quantitative estimate of drug-likeness (QED) is 0.742. The lowest BCUT2D eigenvalue weighted by atomic mass is 10.2. The first-order valence-electron chi connectivity index (χ1n) is 6.75. The lowest BCUT2D eigenvalue weighted by molar-refractivity contribution is 0.0946. The summed E-state index contributed by atoms with van der Waals surface area (Å²) < 4.78 is 5.03. The monoisotopic (exact) mass is 289 g/mol. The third-order valence-electron chi connectivity index (χ3n) is 3.06. The van der Waals surface area contributed by atoms with Crippen molar-refractivity contribution in [2.45, 2.75) is 26.3 Å². The minimum Gasteiger partial charge on any atom is -0.481 e. The first kappa shape index (κ1) is 14.8. The number of H-pyrrole nitrogens is 1. The summed E-state index contributed by atoms with van der Waals surface area (Å²) >= 11 is 0. The zero-order valence-electron chi connectivity index (χ0n) is 12.1. The van der Waals surface area contributed by atoms with Crippen molar-refractivity contribution < 1.29 is 9.53 Å². The van der Waals surface area contributed by atoms with Crippen LogP contribution in [0.1, 0.15) is 35.1 Å². The maximum atomic E-state index is 12.1. The number of nitrogens with one attached hydrogen (secondary N) is 2. The van der Waals surface area contributed by atoms with Crippen LogP contribution in [-0.2, 0) is 13.0 Å². The second-order valence-electron chi connectivity index (χ2n) is 4.60. The Morgan fingerprint density at radius 2 is 2.33 bits per heavy atom. The van der Waals surface area contributed by atoms with Crippen LogP contribution >= 0.6 is 0 Å². The van der Waals surface area contributed by atoms with Crippen molar-refractivity contribution in [3.05, 3.63) is 35.3 Å². The van der Waals surface area contributed by atoms with Gasteiger partial charge in [-0.25, -0.2) is 4.98 Å². The van der Waals surface area contributed by atoms with Crippen molar-refractivity contribution in [1.29, 1.82) is 0 Å². The number of hydrogen-bond acceptors (Lipinski definition) is 5. The first-order valence-corrected chi connectivity index (χ1v) is 6.75. The van der Waals surface area contributed by atoms with E-state index in [1.54, 1.807) is 25.4 Å². The number of ether oxygens (including phenoxy) is 1. The van der Waals surface area contributed by atoms with E-state index in [-0.39, 0.29) is 11.6 Å². The maximum absolute atomic E-state index is 12.1. The van der Waals surface area contributed by atoms with Crippen LogP contribution in [0.2, 0.25) is 0 Å². The summed E-state index contributed by atoms with van der Waals surface area (Å²) in [5, 5.41) is 9.57. The van der Waals surface area contributed by atoms with E-state index in [0.717, 1.165) is 24.1 Å². The summed E-state index contributed by atoms with van der Waals surface area (Å²) in [6, 6.07) is 3.57. The molecule has 2 rings (SSSR count). The molecule has 0 aliphatic heterocycles. The molecule has 0 bridgehead atoms. The van der Waals surface area contributed by atoms with Gasteiger partial charge in [0.1, 0.15) is 0 Å². The van der Waals surface area contributed by atoms with E-state index in [1.807, 2.05) is 6.92 Å². The molecular weight excluding hydrogens is 270 g/mol. The largest absolute Gasteiger partial charge is 0.481 e. The molecule has 2 aromatic heterocycles. The second-order valence-corrected chi connectivity index (χ2v) is 4.60. The molecular formula is C14H19N5O2. The molecule has 0 fully saturated rings. The topological polar surface area (TPSA) is 106 Å². The van der Waals surface area contributed by atoms with E-state index in [2.05, 4.69) is 20.5 Å². The molecule has 21 heavy (non-hydrogen) atoms. The lowest BCUT2D eigenvalue weighted by Gasteiger charge is -2.05. The Morgan fingerprint density at radius 3 is 3.05 bits per heavy atom. The number of aromatic amines is 1. The van der Waals surface area contributed by atoms with Gasteiger partial charge in [-0.3, -0.25) is 9.89 Å². The minimum absolute atomic E-state index is 0.236. The number of hydrogen-bond donors (Lipinski definition) is 3. The Bertz CT molecular complexity index is 624. The summed E-state index contributed by atoms with van der Waals surface area (Å²) in [5.74, 6) is 0.202. The molecule has 0 radical (unpaired) electrons. The highest BCUT2D eigenvalue weighted by molar-refractivity contribution is 5.97. The van der Waals surface area contributed by atoms with Crippen LogP contribution in [0.25, 0.3) is 0 Å². The van der Waals surface area contributed by atoms with E-state index >= 15 is 0 Å². The van der Waals surface area contributed by atoms with Gasteiger partial charge in [0, 0.05) is 18.8 Å². The van der Waals surface area contributed by atoms with Gasteiger partial charge >= 0.3 is 0 Å². The number of anilines is 1. The molecule has 0 unspecified atom stereocenters. The van der Waals surface area contributed by atoms with Gasteiger partial charge in [-0.1, -0.05) is 13.3 Å². The third kappa shape index (κ3) is 3.50. The number of pyridine rings is 1. The second kappa shape index (κ2) is 6.74. The van der Waals surface area contributed by atoms with Crippen molar-refractivity contribution in [3.63, 3.8) is 0 Å². The van der Waals surface area contributed by atoms with E-state index in [0.29, 0.717) is 18.1 Å². The van der Waals surface area contributed by atoms with Crippen molar-refractivity contribution in [2.75, 3.05) is 12.8 Å². The molecule has 2 aromatic rings. The molecule has 0 saturated heterocycles. The number of carbonyl (C=O) groups excluding carboxylic acids is 1. The van der Waals surface area contributed by atoms with E-state index < -0.39 is 0 Å². The van der Waals surface area contributed by atoms with Gasteiger partial charge < -0.3 is 15.8 Å². The molecule has 112 valence electrons. The fourth-order valence-corrected chi connectivity index (χ4v) is 1.94. The standard InChI is InChI=1S/C14H19N5O2/c1-3-4-10-12(15)13(19-18-10)14(20)17-8-9-5-6-16-11(7-9)21-2/h5-7H,3-4,8,15H2,1-2H3,(H,17,20)(H,18,19). The number of rotatable bonds is 6. The van der Waals surface area contributed by atoms with Crippen molar-refractivity contribution >= 4 is 11.6 Å². The fraction of sp³-hybridized carbons (Fsp3) is 0.357. The van der Waals surface area contributed by atoms with Crippen molar-refractivity contribution in [3.8, 4) is 5.88 Å². The highest BCUT2D eigenvalue weighted by atomic mass is 16.5. The molecule has 0 aliphatic carbocycles. The average Bonchev–Trinajstić information content (AvgIpc) is 2.87. The highest BCUT2D eigenvalue weighted by Crippen LogP contribution is 2.15. The Kier molecular flexibility index (Phi) is 4.76. The Labute approximate surface area is 122 Å². The smallest absolute Gasteiger partial charge is 0.274 e. The van der Waals surface area contributed by atoms with Crippen LogP contribution in [0.3, 0.4) is 0 Å². The van der Waals surface area contributed by atoms with Crippen LogP contribution in [0.15, 0.2) is 18.3 Å². The van der Waals surface area contributed by atoms with Gasteiger partial charge in [0.05, 0.1) is 18.5 Å². The van der Waals surface area contributed by atoms with Crippen LogP contribution in [0.5, 0.6) is 5.88 Å². The summed E-state index contributed by atoms with van der Waals surface area (Å²) in [5.41, 5.74) is 8.26. The molecule has 2 heterocycles. The SMILES string of the molecule is CCCc1[nH]nc(C(=O)NCc2ccnc(OC)c2)c1N.